The SMILES string of the molecule is O=C1CSC(=S)N1N=Cc1ccccc1C(F)(F)F. The zero-order valence-corrected chi connectivity index (χ0v) is 11.0. The van der Waals surface area contributed by atoms with Gasteiger partial charge >= 0.3 is 6.18 Å². The number of rotatable bonds is 2. The summed E-state index contributed by atoms with van der Waals surface area (Å²) < 4.78 is 38.4. The lowest BCUT2D eigenvalue weighted by Crippen LogP contribution is -2.22. The zero-order chi connectivity index (χ0) is 14.0. The number of hydrogen-bond acceptors (Lipinski definition) is 4. The molecular formula is C11H7F3N2OS2. The predicted octanol–water partition coefficient (Wildman–Crippen LogP) is 2.90. The molecule has 0 saturated carbocycles. The van der Waals surface area contributed by atoms with Gasteiger partial charge in [0.15, 0.2) is 4.32 Å². The average Bonchev–Trinajstić information content (AvgIpc) is 2.66. The molecule has 0 bridgehead atoms. The van der Waals surface area contributed by atoms with Gasteiger partial charge in [-0.05, 0) is 6.07 Å². The van der Waals surface area contributed by atoms with E-state index in [2.05, 4.69) is 5.10 Å². The van der Waals surface area contributed by atoms with E-state index in [9.17, 15) is 18.0 Å². The molecule has 1 aliphatic rings. The zero-order valence-electron chi connectivity index (χ0n) is 9.35. The van der Waals surface area contributed by atoms with Crippen molar-refractivity contribution < 1.29 is 18.0 Å². The highest BCUT2D eigenvalue weighted by molar-refractivity contribution is 8.23. The summed E-state index contributed by atoms with van der Waals surface area (Å²) in [6.07, 6.45) is -3.47. The van der Waals surface area contributed by atoms with Gasteiger partial charge in [0.05, 0.1) is 17.5 Å². The molecule has 0 spiro atoms. The molecule has 1 fully saturated rings. The van der Waals surface area contributed by atoms with E-state index < -0.39 is 11.7 Å². The third-order valence-corrected chi connectivity index (χ3v) is 3.64. The third kappa shape index (κ3) is 3.13. The number of thioether (sulfide) groups is 1. The molecule has 8 heteroatoms. The van der Waals surface area contributed by atoms with Crippen LogP contribution in [0.5, 0.6) is 0 Å². The van der Waals surface area contributed by atoms with Crippen LogP contribution in [0.3, 0.4) is 0 Å². The monoisotopic (exact) mass is 304 g/mol. The Bertz CT molecular complexity index is 541. The fourth-order valence-electron chi connectivity index (χ4n) is 1.45. The van der Waals surface area contributed by atoms with E-state index in [1.807, 2.05) is 0 Å². The van der Waals surface area contributed by atoms with E-state index in [-0.39, 0.29) is 21.5 Å². The Morgan fingerprint density at radius 1 is 1.37 bits per heavy atom. The minimum Gasteiger partial charge on any atom is -0.272 e. The summed E-state index contributed by atoms with van der Waals surface area (Å²) in [7, 11) is 0. The van der Waals surface area contributed by atoms with Crippen molar-refractivity contribution in [2.75, 3.05) is 5.75 Å². The number of alkyl halides is 3. The van der Waals surface area contributed by atoms with E-state index >= 15 is 0 Å². The van der Waals surface area contributed by atoms with Gasteiger partial charge in [-0.1, -0.05) is 42.2 Å². The summed E-state index contributed by atoms with van der Waals surface area (Å²) in [5.74, 6) is -0.173. The molecule has 0 atom stereocenters. The Balaban J connectivity index is 2.29. The molecule has 0 aliphatic carbocycles. The van der Waals surface area contributed by atoms with Gasteiger partial charge in [-0.2, -0.15) is 23.3 Å². The normalized spacial score (nSPS) is 16.7. The van der Waals surface area contributed by atoms with Crippen molar-refractivity contribution >= 4 is 40.4 Å². The Hall–Kier alpha value is -1.41. The number of carbonyl (C=O) groups excluding carboxylic acids is 1. The quantitative estimate of drug-likeness (QED) is 0.622. The molecule has 1 saturated heterocycles. The van der Waals surface area contributed by atoms with E-state index in [1.165, 1.54) is 18.2 Å². The van der Waals surface area contributed by atoms with Crippen LogP contribution in [0, 0.1) is 0 Å². The van der Waals surface area contributed by atoms with Gasteiger partial charge in [0, 0.05) is 5.56 Å². The van der Waals surface area contributed by atoms with Crippen LogP contribution in [0.4, 0.5) is 13.2 Å². The molecular weight excluding hydrogens is 297 g/mol. The standard InChI is InChI=1S/C11H7F3N2OS2/c12-11(13,14)8-4-2-1-3-7(8)5-15-16-9(17)6-19-10(16)18/h1-5H,6H2. The maximum absolute atomic E-state index is 12.7. The first-order valence-electron chi connectivity index (χ1n) is 5.09. The molecule has 100 valence electrons. The highest BCUT2D eigenvalue weighted by atomic mass is 32.2. The number of hydrogen-bond donors (Lipinski definition) is 0. The van der Waals surface area contributed by atoms with Crippen LogP contribution in [-0.4, -0.2) is 27.2 Å². The number of nitrogens with zero attached hydrogens (tertiary/aromatic N) is 2. The van der Waals surface area contributed by atoms with Crippen molar-refractivity contribution in [1.29, 1.82) is 0 Å². The fraction of sp³-hybridized carbons (Fsp3) is 0.182. The van der Waals surface area contributed by atoms with E-state index in [0.717, 1.165) is 29.1 Å². The Morgan fingerprint density at radius 2 is 2.05 bits per heavy atom. The molecule has 0 radical (unpaired) electrons. The first kappa shape index (κ1) is 14.0. The lowest BCUT2D eigenvalue weighted by Gasteiger charge is -2.10. The molecule has 0 aromatic heterocycles. The molecule has 1 aromatic rings. The number of carbonyl (C=O) groups is 1. The van der Waals surface area contributed by atoms with Gasteiger partial charge in [-0.15, -0.1) is 0 Å². The second-order valence-electron chi connectivity index (χ2n) is 3.59. The van der Waals surface area contributed by atoms with Crippen LogP contribution in [0.25, 0.3) is 0 Å². The highest BCUT2D eigenvalue weighted by Gasteiger charge is 2.33. The molecule has 1 heterocycles. The van der Waals surface area contributed by atoms with Crippen molar-refractivity contribution in [3.05, 3.63) is 35.4 Å². The lowest BCUT2D eigenvalue weighted by molar-refractivity contribution is -0.137. The minimum atomic E-state index is -4.47. The molecule has 1 aromatic carbocycles. The van der Waals surface area contributed by atoms with E-state index in [1.54, 1.807) is 0 Å². The number of halogens is 3. The van der Waals surface area contributed by atoms with E-state index in [0.29, 0.717) is 0 Å². The maximum atomic E-state index is 12.7. The van der Waals surface area contributed by atoms with Crippen molar-refractivity contribution in [2.45, 2.75) is 6.18 Å². The van der Waals surface area contributed by atoms with Crippen LogP contribution in [-0.2, 0) is 11.0 Å². The van der Waals surface area contributed by atoms with Crippen LogP contribution in [0.1, 0.15) is 11.1 Å². The first-order chi connectivity index (χ1) is 8.89. The smallest absolute Gasteiger partial charge is 0.272 e. The van der Waals surface area contributed by atoms with Gasteiger partial charge < -0.3 is 0 Å². The molecule has 0 N–H and O–H groups in total. The number of thiocarbonyl (C=S) groups is 1. The second kappa shape index (κ2) is 5.30. The summed E-state index contributed by atoms with van der Waals surface area (Å²) >= 11 is 6.00. The van der Waals surface area contributed by atoms with Crippen LogP contribution >= 0.6 is 24.0 Å². The first-order valence-corrected chi connectivity index (χ1v) is 6.49. The van der Waals surface area contributed by atoms with Crippen molar-refractivity contribution in [1.82, 2.24) is 5.01 Å². The average molecular weight is 304 g/mol. The second-order valence-corrected chi connectivity index (χ2v) is 5.20. The van der Waals surface area contributed by atoms with Gasteiger partial charge in [0.25, 0.3) is 5.91 Å². The Morgan fingerprint density at radius 3 is 2.63 bits per heavy atom. The molecule has 1 aliphatic heterocycles. The molecule has 3 nitrogen and oxygen atoms in total. The molecule has 2 rings (SSSR count). The van der Waals surface area contributed by atoms with Gasteiger partial charge in [-0.25, -0.2) is 0 Å². The fourth-order valence-corrected chi connectivity index (χ4v) is 2.41. The summed E-state index contributed by atoms with van der Waals surface area (Å²) in [6.45, 7) is 0. The van der Waals surface area contributed by atoms with Gasteiger partial charge in [-0.3, -0.25) is 4.79 Å². The van der Waals surface area contributed by atoms with Gasteiger partial charge in [0.2, 0.25) is 0 Å². The maximum Gasteiger partial charge on any atom is 0.417 e. The Labute approximate surface area is 116 Å². The van der Waals surface area contributed by atoms with Gasteiger partial charge in [0.1, 0.15) is 0 Å². The minimum absolute atomic E-state index is 0.109. The molecule has 1 amide bonds. The van der Waals surface area contributed by atoms with E-state index in [4.69, 9.17) is 12.2 Å². The molecule has 0 unspecified atom stereocenters. The topological polar surface area (TPSA) is 32.7 Å². The number of hydrazone groups is 1. The summed E-state index contributed by atoms with van der Waals surface area (Å²) in [6, 6.07) is 5.00. The van der Waals surface area contributed by atoms with Crippen LogP contribution < -0.4 is 0 Å². The molecule has 19 heavy (non-hydrogen) atoms. The number of benzene rings is 1. The van der Waals surface area contributed by atoms with Crippen molar-refractivity contribution in [3.8, 4) is 0 Å². The van der Waals surface area contributed by atoms with Crippen molar-refractivity contribution in [3.63, 3.8) is 0 Å². The largest absolute Gasteiger partial charge is 0.417 e. The lowest BCUT2D eigenvalue weighted by atomic mass is 10.1. The Kier molecular flexibility index (Phi) is 3.91. The van der Waals surface area contributed by atoms with Crippen LogP contribution in [0.15, 0.2) is 29.4 Å². The number of amides is 1. The highest BCUT2D eigenvalue weighted by Crippen LogP contribution is 2.31. The summed E-state index contributed by atoms with van der Waals surface area (Å²) in [5.41, 5.74) is -0.911. The summed E-state index contributed by atoms with van der Waals surface area (Å²) in [5, 5.41) is 4.66. The predicted molar refractivity (Wildman–Crippen MR) is 70.9 cm³/mol. The van der Waals surface area contributed by atoms with Crippen LogP contribution in [0.2, 0.25) is 0 Å². The summed E-state index contributed by atoms with van der Waals surface area (Å²) in [4.78, 5) is 11.4. The van der Waals surface area contributed by atoms with Crippen molar-refractivity contribution in [2.24, 2.45) is 5.10 Å². The third-order valence-electron chi connectivity index (χ3n) is 2.31.